The maximum Gasteiger partial charge on any atom is 0.334 e. The van der Waals surface area contributed by atoms with Crippen molar-refractivity contribution in [3.05, 3.63) is 23.3 Å². The van der Waals surface area contributed by atoms with Crippen LogP contribution in [0.25, 0.3) is 0 Å². The Labute approximate surface area is 140 Å². The van der Waals surface area contributed by atoms with Gasteiger partial charge >= 0.3 is 5.97 Å². The molecule has 0 N–H and O–H groups in total. The minimum Gasteiger partial charge on any atom is -0.454 e. The van der Waals surface area contributed by atoms with Gasteiger partial charge in [0.25, 0.3) is 0 Å². The molecule has 1 aliphatic heterocycles. The van der Waals surface area contributed by atoms with E-state index in [9.17, 15) is 9.59 Å². The van der Waals surface area contributed by atoms with E-state index in [1.165, 1.54) is 5.57 Å². The molecule has 0 aromatic rings. The summed E-state index contributed by atoms with van der Waals surface area (Å²) in [5.41, 5.74) is 1.97. The van der Waals surface area contributed by atoms with E-state index in [0.717, 1.165) is 25.7 Å². The van der Waals surface area contributed by atoms with Crippen LogP contribution in [0.4, 0.5) is 0 Å². The molecule has 0 radical (unpaired) electrons. The Balaban J connectivity index is 2.21. The summed E-state index contributed by atoms with van der Waals surface area (Å²) in [5.74, 6) is 0.993. The molecule has 3 heteroatoms. The van der Waals surface area contributed by atoms with Crippen molar-refractivity contribution in [2.24, 2.45) is 17.8 Å². The van der Waals surface area contributed by atoms with Crippen LogP contribution in [-0.4, -0.2) is 17.9 Å². The van der Waals surface area contributed by atoms with Gasteiger partial charge in [-0.15, -0.1) is 0 Å². The topological polar surface area (TPSA) is 43.4 Å². The van der Waals surface area contributed by atoms with Gasteiger partial charge in [-0.2, -0.15) is 0 Å². The summed E-state index contributed by atoms with van der Waals surface area (Å²) in [6.07, 6.45) is 8.98. The molecule has 2 aliphatic rings. The molecule has 23 heavy (non-hydrogen) atoms. The van der Waals surface area contributed by atoms with Gasteiger partial charge in [-0.25, -0.2) is 4.79 Å². The lowest BCUT2D eigenvalue weighted by molar-refractivity contribution is -0.142. The van der Waals surface area contributed by atoms with Crippen LogP contribution in [0.2, 0.25) is 0 Å². The van der Waals surface area contributed by atoms with Gasteiger partial charge in [-0.05, 0) is 50.5 Å². The maximum absolute atomic E-state index is 12.2. The lowest BCUT2D eigenvalue weighted by Gasteiger charge is -2.25. The first-order valence-corrected chi connectivity index (χ1v) is 8.95. The van der Waals surface area contributed by atoms with Gasteiger partial charge in [0.2, 0.25) is 0 Å². The molecule has 128 valence electrons. The molecule has 0 aromatic heterocycles. The quantitative estimate of drug-likeness (QED) is 0.523. The molecule has 2 bridgehead atoms. The Bertz CT molecular complexity index is 513. The minimum atomic E-state index is -0.288. The van der Waals surface area contributed by atoms with Gasteiger partial charge in [0.15, 0.2) is 0 Å². The van der Waals surface area contributed by atoms with Crippen LogP contribution in [-0.2, 0) is 14.3 Å². The lowest BCUT2D eigenvalue weighted by atomic mass is 9.84. The smallest absolute Gasteiger partial charge is 0.334 e. The zero-order chi connectivity index (χ0) is 17.0. The molecule has 0 spiro atoms. The molecule has 0 aromatic carbocycles. The molecule has 3 nitrogen and oxygen atoms in total. The molecule has 0 saturated carbocycles. The Morgan fingerprint density at radius 3 is 2.65 bits per heavy atom. The summed E-state index contributed by atoms with van der Waals surface area (Å²) < 4.78 is 5.58. The predicted molar refractivity (Wildman–Crippen MR) is 91.9 cm³/mol. The van der Waals surface area contributed by atoms with Gasteiger partial charge in [0.05, 0.1) is 0 Å². The van der Waals surface area contributed by atoms with Crippen molar-refractivity contribution in [1.29, 1.82) is 0 Å². The minimum absolute atomic E-state index is 0.153. The number of fused-ring (bicyclic) bond motifs is 1. The molecule has 2 rings (SSSR count). The van der Waals surface area contributed by atoms with E-state index in [1.54, 1.807) is 0 Å². The van der Waals surface area contributed by atoms with Crippen molar-refractivity contribution in [2.75, 3.05) is 0 Å². The molecule has 0 saturated heterocycles. The SMILES string of the molecule is CC1=CCCC(C)CC(=O)CC2=CC(OC2=O)C(C(C)C)CC1. The summed E-state index contributed by atoms with van der Waals surface area (Å²) in [7, 11) is 0. The number of ketones is 1. The van der Waals surface area contributed by atoms with Crippen molar-refractivity contribution in [2.45, 2.75) is 72.3 Å². The van der Waals surface area contributed by atoms with Crippen LogP contribution in [0.3, 0.4) is 0 Å². The second-order valence-electron chi connectivity index (χ2n) is 7.66. The average Bonchev–Trinajstić information content (AvgIpc) is 2.78. The van der Waals surface area contributed by atoms with Crippen molar-refractivity contribution in [3.63, 3.8) is 0 Å². The van der Waals surface area contributed by atoms with Gasteiger partial charge in [-0.1, -0.05) is 32.4 Å². The standard InChI is InChI=1S/C20H30O3/c1-13(2)18-9-8-14(3)6-5-7-15(4)10-17(21)11-16-12-19(18)23-20(16)22/h6,12-13,15,18-19H,5,7-11H2,1-4H3. The summed E-state index contributed by atoms with van der Waals surface area (Å²) in [6.45, 7) is 8.66. The molecule has 3 unspecified atom stereocenters. The van der Waals surface area contributed by atoms with Gasteiger partial charge in [0, 0.05) is 24.3 Å². The van der Waals surface area contributed by atoms with E-state index in [0.29, 0.717) is 29.7 Å². The first kappa shape index (κ1) is 18.0. The highest BCUT2D eigenvalue weighted by Gasteiger charge is 2.33. The number of esters is 1. The number of rotatable bonds is 1. The lowest BCUT2D eigenvalue weighted by Crippen LogP contribution is -2.25. The summed E-state index contributed by atoms with van der Waals surface area (Å²) >= 11 is 0. The molecule has 0 amide bonds. The van der Waals surface area contributed by atoms with Crippen LogP contribution < -0.4 is 0 Å². The molecule has 3 atom stereocenters. The van der Waals surface area contributed by atoms with Crippen molar-refractivity contribution in [1.82, 2.24) is 0 Å². The van der Waals surface area contributed by atoms with E-state index in [2.05, 4.69) is 33.8 Å². The van der Waals surface area contributed by atoms with Gasteiger partial charge < -0.3 is 4.74 Å². The zero-order valence-corrected chi connectivity index (χ0v) is 14.9. The van der Waals surface area contributed by atoms with E-state index < -0.39 is 0 Å². The number of carbonyl (C=O) groups excluding carboxylic acids is 2. The van der Waals surface area contributed by atoms with Crippen LogP contribution in [0.1, 0.15) is 66.2 Å². The average molecular weight is 318 g/mol. The fourth-order valence-electron chi connectivity index (χ4n) is 3.60. The van der Waals surface area contributed by atoms with Crippen LogP contribution in [0.5, 0.6) is 0 Å². The third-order valence-corrected chi connectivity index (χ3v) is 5.14. The van der Waals surface area contributed by atoms with E-state index in [1.807, 2.05) is 6.08 Å². The Morgan fingerprint density at radius 1 is 1.22 bits per heavy atom. The Kier molecular flexibility index (Phi) is 6.20. The van der Waals surface area contributed by atoms with Crippen LogP contribution in [0, 0.1) is 17.8 Å². The van der Waals surface area contributed by atoms with E-state index in [4.69, 9.17) is 4.74 Å². The highest BCUT2D eigenvalue weighted by Crippen LogP contribution is 2.32. The summed E-state index contributed by atoms with van der Waals surface area (Å²) in [5, 5.41) is 0. The fraction of sp³-hybridized carbons (Fsp3) is 0.700. The molecule has 1 heterocycles. The largest absolute Gasteiger partial charge is 0.454 e. The van der Waals surface area contributed by atoms with E-state index in [-0.39, 0.29) is 24.3 Å². The van der Waals surface area contributed by atoms with Crippen LogP contribution >= 0.6 is 0 Å². The predicted octanol–water partition coefficient (Wildman–Crippen LogP) is 4.62. The molecule has 0 fully saturated rings. The molecular weight excluding hydrogens is 288 g/mol. The first-order valence-electron chi connectivity index (χ1n) is 8.95. The second kappa shape index (κ2) is 7.94. The van der Waals surface area contributed by atoms with Gasteiger partial charge in [-0.3, -0.25) is 4.79 Å². The van der Waals surface area contributed by atoms with Crippen molar-refractivity contribution in [3.8, 4) is 0 Å². The Morgan fingerprint density at radius 2 is 1.96 bits per heavy atom. The third-order valence-electron chi connectivity index (χ3n) is 5.14. The van der Waals surface area contributed by atoms with E-state index >= 15 is 0 Å². The highest BCUT2D eigenvalue weighted by molar-refractivity contribution is 5.97. The monoisotopic (exact) mass is 318 g/mol. The fourth-order valence-corrected chi connectivity index (χ4v) is 3.60. The highest BCUT2D eigenvalue weighted by atomic mass is 16.5. The summed E-state index contributed by atoms with van der Waals surface area (Å²) in [4.78, 5) is 24.3. The van der Waals surface area contributed by atoms with Crippen molar-refractivity contribution < 1.29 is 14.3 Å². The molecular formula is C20H30O3. The number of carbonyl (C=O) groups is 2. The zero-order valence-electron chi connectivity index (χ0n) is 14.9. The number of allylic oxidation sites excluding steroid dienone is 2. The van der Waals surface area contributed by atoms with Crippen LogP contribution in [0.15, 0.2) is 23.3 Å². The number of hydrogen-bond acceptors (Lipinski definition) is 3. The third kappa shape index (κ3) is 5.05. The normalized spacial score (nSPS) is 30.6. The van der Waals surface area contributed by atoms with Gasteiger partial charge in [0.1, 0.15) is 11.9 Å². The second-order valence-corrected chi connectivity index (χ2v) is 7.66. The number of Topliss-reactive ketones (excluding diaryl/α,β-unsaturated/α-hetero) is 1. The maximum atomic E-state index is 12.2. The first-order chi connectivity index (χ1) is 10.9. The summed E-state index contributed by atoms with van der Waals surface area (Å²) in [6, 6.07) is 0. The molecule has 1 aliphatic carbocycles. The van der Waals surface area contributed by atoms with Crippen molar-refractivity contribution >= 4 is 11.8 Å². The number of ether oxygens (including phenoxy) is 1. The number of hydrogen-bond donors (Lipinski definition) is 0. The Hall–Kier alpha value is -1.38.